The molecule has 1 unspecified atom stereocenters. The number of halogens is 3. The summed E-state index contributed by atoms with van der Waals surface area (Å²) in [6, 6.07) is 0.810. The number of rotatable bonds is 4. The van der Waals surface area contributed by atoms with Gasteiger partial charge < -0.3 is 5.11 Å². The molecule has 1 saturated heterocycles. The molecule has 1 fully saturated rings. The van der Waals surface area contributed by atoms with Gasteiger partial charge in [-0.15, -0.1) is 0 Å². The van der Waals surface area contributed by atoms with Crippen LogP contribution in [-0.4, -0.2) is 37.0 Å². The Morgan fingerprint density at radius 2 is 2.10 bits per heavy atom. The summed E-state index contributed by atoms with van der Waals surface area (Å²) in [7, 11) is -4.08. The third-order valence-corrected chi connectivity index (χ3v) is 5.19. The Labute approximate surface area is 126 Å². The van der Waals surface area contributed by atoms with Gasteiger partial charge in [0.05, 0.1) is 11.6 Å². The second kappa shape index (κ2) is 6.43. The predicted octanol–water partition coefficient (Wildman–Crippen LogP) is 2.12. The van der Waals surface area contributed by atoms with Crippen LogP contribution in [0.25, 0.3) is 0 Å². The molecule has 118 valence electrons. The molecule has 2 N–H and O–H groups in total. The van der Waals surface area contributed by atoms with Crippen molar-refractivity contribution in [3.05, 3.63) is 28.8 Å². The van der Waals surface area contributed by atoms with Crippen molar-refractivity contribution in [2.45, 2.75) is 25.3 Å². The summed E-state index contributed by atoms with van der Waals surface area (Å²) in [4.78, 5) is 0. The van der Waals surface area contributed by atoms with Crippen LogP contribution >= 0.6 is 11.6 Å². The van der Waals surface area contributed by atoms with E-state index in [1.807, 2.05) is 4.72 Å². The Balaban J connectivity index is 2.29. The van der Waals surface area contributed by atoms with Crippen molar-refractivity contribution in [3.8, 4) is 0 Å². The first-order valence-corrected chi connectivity index (χ1v) is 8.22. The van der Waals surface area contributed by atoms with Gasteiger partial charge in [0.2, 0.25) is 0 Å². The Morgan fingerprint density at radius 3 is 2.71 bits per heavy atom. The number of nitrogens with one attached hydrogen (secondary N) is 1. The lowest BCUT2D eigenvalue weighted by Crippen LogP contribution is -2.48. The van der Waals surface area contributed by atoms with Crippen molar-refractivity contribution >= 4 is 27.5 Å². The minimum atomic E-state index is -4.08. The zero-order valence-electron chi connectivity index (χ0n) is 11.0. The maximum absolute atomic E-state index is 13.7. The van der Waals surface area contributed by atoms with Crippen molar-refractivity contribution in [1.29, 1.82) is 0 Å². The third kappa shape index (κ3) is 3.63. The summed E-state index contributed by atoms with van der Waals surface area (Å²) in [5.41, 5.74) is -0.500. The highest BCUT2D eigenvalue weighted by atomic mass is 35.5. The molecule has 9 heteroatoms. The predicted molar refractivity (Wildman–Crippen MR) is 75.3 cm³/mol. The fraction of sp³-hybridized carbons (Fsp3) is 0.500. The average molecular weight is 341 g/mol. The molecule has 5 nitrogen and oxygen atoms in total. The Kier molecular flexibility index (Phi) is 5.03. The van der Waals surface area contributed by atoms with E-state index in [0.717, 1.165) is 16.8 Å². The molecule has 1 aliphatic heterocycles. The molecular weight excluding hydrogens is 326 g/mol. The smallest absolute Gasteiger partial charge is 0.302 e. The second-order valence-corrected chi connectivity index (χ2v) is 6.82. The Hall–Kier alpha value is -0.960. The van der Waals surface area contributed by atoms with E-state index in [0.29, 0.717) is 18.9 Å². The molecule has 0 spiro atoms. The molecule has 21 heavy (non-hydrogen) atoms. The number of hydrogen-bond acceptors (Lipinski definition) is 3. The lowest BCUT2D eigenvalue weighted by Gasteiger charge is -2.33. The van der Waals surface area contributed by atoms with E-state index in [9.17, 15) is 22.3 Å². The van der Waals surface area contributed by atoms with Gasteiger partial charge in [0, 0.05) is 18.7 Å². The first kappa shape index (κ1) is 16.4. The van der Waals surface area contributed by atoms with Crippen LogP contribution < -0.4 is 4.72 Å². The molecule has 0 amide bonds. The Bertz CT molecular complexity index is 604. The molecular formula is C12H15ClF2N2O3S. The standard InChI is InChI=1S/C12H15ClF2N2O3S/c13-10-5-8(14)6-11(15)12(10)16-21(19,20)17-4-2-1-3-9(17)7-18/h5-6,9,16,18H,1-4,7H2. The maximum atomic E-state index is 13.7. The topological polar surface area (TPSA) is 69.6 Å². The van der Waals surface area contributed by atoms with Gasteiger partial charge in [-0.3, -0.25) is 4.72 Å². The highest BCUT2D eigenvalue weighted by Gasteiger charge is 2.32. The summed E-state index contributed by atoms with van der Waals surface area (Å²) >= 11 is 5.68. The molecule has 0 bridgehead atoms. The zero-order valence-corrected chi connectivity index (χ0v) is 12.6. The van der Waals surface area contributed by atoms with E-state index in [2.05, 4.69) is 0 Å². The summed E-state index contributed by atoms with van der Waals surface area (Å²) in [6.07, 6.45) is 1.98. The van der Waals surface area contributed by atoms with E-state index in [1.54, 1.807) is 0 Å². The van der Waals surface area contributed by atoms with Gasteiger partial charge in [0.1, 0.15) is 11.5 Å². The first-order chi connectivity index (χ1) is 9.85. The number of piperidine rings is 1. The number of hydrogen-bond donors (Lipinski definition) is 2. The van der Waals surface area contributed by atoms with Crippen molar-refractivity contribution in [3.63, 3.8) is 0 Å². The number of aliphatic hydroxyl groups excluding tert-OH is 1. The SMILES string of the molecule is O=S(=O)(Nc1c(F)cc(F)cc1Cl)N1CCCCC1CO. The lowest BCUT2D eigenvalue weighted by molar-refractivity contribution is 0.156. The van der Waals surface area contributed by atoms with Crippen LogP contribution in [0, 0.1) is 11.6 Å². The minimum Gasteiger partial charge on any atom is -0.395 e. The molecule has 1 aliphatic rings. The zero-order chi connectivity index (χ0) is 15.6. The van der Waals surface area contributed by atoms with Gasteiger partial charge in [-0.1, -0.05) is 18.0 Å². The van der Waals surface area contributed by atoms with Crippen molar-refractivity contribution in [1.82, 2.24) is 4.31 Å². The number of anilines is 1. The molecule has 1 aromatic rings. The highest BCUT2D eigenvalue weighted by molar-refractivity contribution is 7.90. The molecule has 0 aliphatic carbocycles. The van der Waals surface area contributed by atoms with Crippen molar-refractivity contribution < 1.29 is 22.3 Å². The van der Waals surface area contributed by atoms with Gasteiger partial charge in [-0.05, 0) is 18.9 Å². The van der Waals surface area contributed by atoms with E-state index >= 15 is 0 Å². The van der Waals surface area contributed by atoms with E-state index in [1.165, 1.54) is 0 Å². The molecule has 0 saturated carbocycles. The van der Waals surface area contributed by atoms with Gasteiger partial charge in [0.15, 0.2) is 5.82 Å². The van der Waals surface area contributed by atoms with Crippen molar-refractivity contribution in [2.75, 3.05) is 17.9 Å². The van der Waals surface area contributed by atoms with Gasteiger partial charge in [-0.2, -0.15) is 12.7 Å². The molecule has 1 heterocycles. The van der Waals surface area contributed by atoms with Gasteiger partial charge in [-0.25, -0.2) is 8.78 Å². The van der Waals surface area contributed by atoms with E-state index in [4.69, 9.17) is 11.6 Å². The first-order valence-electron chi connectivity index (χ1n) is 6.40. The van der Waals surface area contributed by atoms with Crippen LogP contribution in [0.5, 0.6) is 0 Å². The van der Waals surface area contributed by atoms with Crippen LogP contribution in [0.3, 0.4) is 0 Å². The normalized spacial score (nSPS) is 20.5. The molecule has 1 atom stereocenters. The number of benzene rings is 1. The summed E-state index contributed by atoms with van der Waals surface area (Å²) in [5, 5.41) is 8.89. The summed E-state index contributed by atoms with van der Waals surface area (Å²) in [5.74, 6) is -1.99. The number of nitrogens with zero attached hydrogens (tertiary/aromatic N) is 1. The second-order valence-electron chi connectivity index (χ2n) is 4.79. The third-order valence-electron chi connectivity index (χ3n) is 3.33. The van der Waals surface area contributed by atoms with Crippen LogP contribution in [-0.2, 0) is 10.2 Å². The molecule has 2 rings (SSSR count). The fourth-order valence-electron chi connectivity index (χ4n) is 2.30. The largest absolute Gasteiger partial charge is 0.395 e. The monoisotopic (exact) mass is 340 g/mol. The maximum Gasteiger partial charge on any atom is 0.302 e. The van der Waals surface area contributed by atoms with Crippen LogP contribution in [0.4, 0.5) is 14.5 Å². The van der Waals surface area contributed by atoms with Crippen LogP contribution in [0.1, 0.15) is 19.3 Å². The van der Waals surface area contributed by atoms with E-state index in [-0.39, 0.29) is 18.2 Å². The molecule has 1 aromatic carbocycles. The fourth-order valence-corrected chi connectivity index (χ4v) is 4.11. The number of aliphatic hydroxyl groups is 1. The van der Waals surface area contributed by atoms with Gasteiger partial charge in [0.25, 0.3) is 0 Å². The summed E-state index contributed by atoms with van der Waals surface area (Å²) < 4.78 is 54.3. The minimum absolute atomic E-state index is 0.223. The van der Waals surface area contributed by atoms with Crippen molar-refractivity contribution in [2.24, 2.45) is 0 Å². The molecule has 0 aromatic heterocycles. The quantitative estimate of drug-likeness (QED) is 0.882. The average Bonchev–Trinajstić information content (AvgIpc) is 2.43. The van der Waals surface area contributed by atoms with Crippen LogP contribution in [0.2, 0.25) is 5.02 Å². The van der Waals surface area contributed by atoms with Gasteiger partial charge >= 0.3 is 10.2 Å². The molecule has 0 radical (unpaired) electrons. The highest BCUT2D eigenvalue weighted by Crippen LogP contribution is 2.29. The lowest BCUT2D eigenvalue weighted by atomic mass is 10.1. The van der Waals surface area contributed by atoms with Crippen LogP contribution in [0.15, 0.2) is 12.1 Å². The Morgan fingerprint density at radius 1 is 1.38 bits per heavy atom. The summed E-state index contributed by atoms with van der Waals surface area (Å²) in [6.45, 7) is -0.0957. The van der Waals surface area contributed by atoms with E-state index < -0.39 is 33.6 Å².